The van der Waals surface area contributed by atoms with E-state index >= 15 is 0 Å². The van der Waals surface area contributed by atoms with E-state index in [1.165, 1.54) is 38.5 Å². The number of hydrogen-bond acceptors (Lipinski definition) is 4. The van der Waals surface area contributed by atoms with Crippen molar-refractivity contribution >= 4 is 11.7 Å². The van der Waals surface area contributed by atoms with Crippen molar-refractivity contribution in [3.63, 3.8) is 0 Å². The van der Waals surface area contributed by atoms with Crippen LogP contribution < -0.4 is 5.32 Å². The van der Waals surface area contributed by atoms with Crippen molar-refractivity contribution in [2.45, 2.75) is 95.7 Å². The van der Waals surface area contributed by atoms with Gasteiger partial charge in [0.05, 0.1) is 12.5 Å². The minimum absolute atomic E-state index is 0.0757. The van der Waals surface area contributed by atoms with E-state index in [0.717, 1.165) is 25.7 Å². The monoisotopic (exact) mass is 307 g/mol. The Labute approximate surface area is 133 Å². The Hall–Kier alpha value is -1.26. The molecule has 1 N–H and O–H groups in total. The van der Waals surface area contributed by atoms with E-state index in [1.807, 2.05) is 0 Å². The van der Waals surface area contributed by atoms with Crippen LogP contribution >= 0.6 is 0 Å². The number of nitrogens with one attached hydrogen (secondary N) is 1. The average molecular weight is 307 g/mol. The molecule has 2 aliphatic rings. The number of carbonyl (C=O) groups excluding carboxylic acids is 2. The van der Waals surface area contributed by atoms with Crippen LogP contribution in [0.15, 0.2) is 10.2 Å². The summed E-state index contributed by atoms with van der Waals surface area (Å²) in [4.78, 5) is 23.6. The zero-order valence-electron chi connectivity index (χ0n) is 13.8. The van der Waals surface area contributed by atoms with Crippen molar-refractivity contribution in [3.8, 4) is 0 Å². The number of ketones is 1. The molecule has 1 aliphatic carbocycles. The zero-order chi connectivity index (χ0) is 15.8. The Morgan fingerprint density at radius 1 is 1.18 bits per heavy atom. The van der Waals surface area contributed by atoms with E-state index in [9.17, 15) is 9.59 Å². The van der Waals surface area contributed by atoms with Gasteiger partial charge in [-0.3, -0.25) is 9.59 Å². The van der Waals surface area contributed by atoms with Crippen molar-refractivity contribution < 1.29 is 9.59 Å². The third-order valence-electron chi connectivity index (χ3n) is 4.65. The molecular weight excluding hydrogens is 278 g/mol. The van der Waals surface area contributed by atoms with Gasteiger partial charge >= 0.3 is 0 Å². The molecule has 0 saturated heterocycles. The Morgan fingerprint density at radius 2 is 1.86 bits per heavy atom. The molecule has 1 unspecified atom stereocenters. The van der Waals surface area contributed by atoms with Gasteiger partial charge in [-0.15, -0.1) is 0 Å². The van der Waals surface area contributed by atoms with Crippen molar-refractivity contribution in [2.75, 3.05) is 0 Å². The Morgan fingerprint density at radius 3 is 2.45 bits per heavy atom. The lowest BCUT2D eigenvalue weighted by Gasteiger charge is -2.14. The summed E-state index contributed by atoms with van der Waals surface area (Å²) in [6.45, 7) is 2.23. The van der Waals surface area contributed by atoms with Crippen LogP contribution in [0.3, 0.4) is 0 Å². The molecule has 2 rings (SSSR count). The first-order chi connectivity index (χ1) is 10.7. The summed E-state index contributed by atoms with van der Waals surface area (Å²) in [6.07, 6.45) is 12.2. The van der Waals surface area contributed by atoms with Crippen LogP contribution in [0.4, 0.5) is 0 Å². The maximum atomic E-state index is 12.0. The molecule has 1 atom stereocenters. The average Bonchev–Trinajstić information content (AvgIpc) is 3.13. The first-order valence-corrected chi connectivity index (χ1v) is 8.91. The van der Waals surface area contributed by atoms with E-state index in [1.54, 1.807) is 0 Å². The second-order valence-electron chi connectivity index (χ2n) is 6.71. The molecule has 5 nitrogen and oxygen atoms in total. The molecule has 1 aliphatic heterocycles. The standard InChI is InChI=1S/C17H29N3O2/c1-2-3-4-5-6-7-8-12-17(19-20-17)13-16(22)18-14-10-9-11-15(14)21/h14H,2-13H2,1H3,(H,18,22). The predicted molar refractivity (Wildman–Crippen MR) is 85.6 cm³/mol. The van der Waals surface area contributed by atoms with Gasteiger partial charge < -0.3 is 5.32 Å². The van der Waals surface area contributed by atoms with Gasteiger partial charge in [0.25, 0.3) is 0 Å². The molecule has 0 aromatic heterocycles. The van der Waals surface area contributed by atoms with Crippen molar-refractivity contribution in [2.24, 2.45) is 10.2 Å². The summed E-state index contributed by atoms with van der Waals surface area (Å²) in [7, 11) is 0. The number of hydrogen-bond donors (Lipinski definition) is 1. The summed E-state index contributed by atoms with van der Waals surface area (Å²) >= 11 is 0. The minimum Gasteiger partial charge on any atom is -0.346 e. The first kappa shape index (κ1) is 17.1. The number of Topliss-reactive ketones (excluding diaryl/α,β-unsaturated/α-hetero) is 1. The van der Waals surface area contributed by atoms with E-state index in [-0.39, 0.29) is 17.7 Å². The molecular formula is C17H29N3O2. The van der Waals surface area contributed by atoms with Gasteiger partial charge in [0.1, 0.15) is 0 Å². The maximum absolute atomic E-state index is 12.0. The number of nitrogens with zero attached hydrogens (tertiary/aromatic N) is 2. The van der Waals surface area contributed by atoms with Gasteiger partial charge in [-0.25, -0.2) is 0 Å². The molecule has 22 heavy (non-hydrogen) atoms. The van der Waals surface area contributed by atoms with E-state index < -0.39 is 5.66 Å². The minimum atomic E-state index is -0.463. The molecule has 5 heteroatoms. The largest absolute Gasteiger partial charge is 0.346 e. The Kier molecular flexibility index (Phi) is 6.52. The fourth-order valence-electron chi connectivity index (χ4n) is 3.17. The normalized spacial score (nSPS) is 22.0. The number of rotatable bonds is 11. The van der Waals surface area contributed by atoms with Crippen molar-refractivity contribution in [3.05, 3.63) is 0 Å². The molecule has 1 amide bonds. The van der Waals surface area contributed by atoms with Gasteiger partial charge in [0.2, 0.25) is 5.91 Å². The van der Waals surface area contributed by atoms with E-state index in [2.05, 4.69) is 22.5 Å². The zero-order valence-corrected chi connectivity index (χ0v) is 13.8. The summed E-state index contributed by atoms with van der Waals surface area (Å²) < 4.78 is 0. The molecule has 0 radical (unpaired) electrons. The van der Waals surface area contributed by atoms with Gasteiger partial charge in [-0.05, 0) is 25.7 Å². The Balaban J connectivity index is 1.56. The van der Waals surface area contributed by atoms with E-state index in [4.69, 9.17) is 0 Å². The molecule has 1 saturated carbocycles. The van der Waals surface area contributed by atoms with Crippen LogP contribution in [-0.2, 0) is 9.59 Å². The fraction of sp³-hybridized carbons (Fsp3) is 0.882. The highest BCUT2D eigenvalue weighted by molar-refractivity contribution is 5.90. The van der Waals surface area contributed by atoms with Crippen LogP contribution in [0.2, 0.25) is 0 Å². The highest BCUT2D eigenvalue weighted by Gasteiger charge is 2.42. The van der Waals surface area contributed by atoms with Crippen LogP contribution in [0.1, 0.15) is 84.0 Å². The summed E-state index contributed by atoms with van der Waals surface area (Å²) in [5, 5.41) is 11.0. The van der Waals surface area contributed by atoms with Gasteiger partial charge in [-0.1, -0.05) is 45.4 Å². The molecule has 124 valence electrons. The van der Waals surface area contributed by atoms with Gasteiger partial charge in [-0.2, -0.15) is 10.2 Å². The quantitative estimate of drug-likeness (QED) is 0.588. The maximum Gasteiger partial charge on any atom is 0.225 e. The van der Waals surface area contributed by atoms with Crippen molar-refractivity contribution in [1.82, 2.24) is 5.32 Å². The van der Waals surface area contributed by atoms with Gasteiger partial charge in [0.15, 0.2) is 11.4 Å². The molecule has 0 aromatic rings. The summed E-state index contributed by atoms with van der Waals surface area (Å²) in [5.74, 6) is 0.0901. The highest BCUT2D eigenvalue weighted by Crippen LogP contribution is 2.37. The predicted octanol–water partition coefficient (Wildman–Crippen LogP) is 3.92. The molecule has 0 aromatic carbocycles. The number of carbonyl (C=O) groups is 2. The van der Waals surface area contributed by atoms with Crippen LogP contribution in [0.25, 0.3) is 0 Å². The second kappa shape index (κ2) is 8.39. The second-order valence-corrected chi connectivity index (χ2v) is 6.71. The molecule has 0 bridgehead atoms. The summed E-state index contributed by atoms with van der Waals surface area (Å²) in [6, 6.07) is -0.262. The smallest absolute Gasteiger partial charge is 0.225 e. The highest BCUT2D eigenvalue weighted by atomic mass is 16.2. The molecule has 0 spiro atoms. The lowest BCUT2D eigenvalue weighted by Crippen LogP contribution is -2.39. The third kappa shape index (κ3) is 5.50. The SMILES string of the molecule is CCCCCCCCCC1(CC(=O)NC2CCCC2=O)N=N1. The lowest BCUT2D eigenvalue weighted by atomic mass is 10.00. The molecule has 1 fully saturated rings. The lowest BCUT2D eigenvalue weighted by molar-refractivity contribution is -0.127. The van der Waals surface area contributed by atoms with E-state index in [0.29, 0.717) is 12.8 Å². The Bertz CT molecular complexity index is 414. The topological polar surface area (TPSA) is 70.9 Å². The fourth-order valence-corrected chi connectivity index (χ4v) is 3.17. The van der Waals surface area contributed by atoms with Crippen LogP contribution in [0.5, 0.6) is 0 Å². The third-order valence-corrected chi connectivity index (χ3v) is 4.65. The number of unbranched alkanes of at least 4 members (excludes halogenated alkanes) is 6. The summed E-state index contributed by atoms with van der Waals surface area (Å²) in [5.41, 5.74) is -0.463. The van der Waals surface area contributed by atoms with Crippen molar-refractivity contribution in [1.29, 1.82) is 0 Å². The molecule has 1 heterocycles. The van der Waals surface area contributed by atoms with Crippen LogP contribution in [0, 0.1) is 0 Å². The van der Waals surface area contributed by atoms with Crippen LogP contribution in [-0.4, -0.2) is 23.4 Å². The number of amides is 1. The van der Waals surface area contributed by atoms with Gasteiger partial charge in [0, 0.05) is 6.42 Å². The first-order valence-electron chi connectivity index (χ1n) is 8.91.